The molecule has 2 atom stereocenters. The SMILES string of the molecule is CC1CCCN(CCCCCC(=O)O)C1C. The fourth-order valence-electron chi connectivity index (χ4n) is 2.50. The molecule has 1 aliphatic rings. The number of carboxylic acids is 1. The molecule has 1 saturated heterocycles. The first-order chi connectivity index (χ1) is 7.61. The van der Waals surface area contributed by atoms with Gasteiger partial charge in [-0.3, -0.25) is 4.79 Å². The van der Waals surface area contributed by atoms with Crippen molar-refractivity contribution >= 4 is 5.97 Å². The van der Waals surface area contributed by atoms with Gasteiger partial charge in [-0.1, -0.05) is 13.3 Å². The summed E-state index contributed by atoms with van der Waals surface area (Å²) in [6.45, 7) is 7.03. The minimum Gasteiger partial charge on any atom is -0.481 e. The van der Waals surface area contributed by atoms with Crippen molar-refractivity contribution < 1.29 is 9.90 Å². The third-order valence-electron chi connectivity index (χ3n) is 3.84. The molecular weight excluding hydrogens is 202 g/mol. The van der Waals surface area contributed by atoms with Crippen molar-refractivity contribution in [1.29, 1.82) is 0 Å². The number of piperidine rings is 1. The first-order valence-corrected chi connectivity index (χ1v) is 6.57. The number of hydrogen-bond acceptors (Lipinski definition) is 2. The van der Waals surface area contributed by atoms with Crippen LogP contribution < -0.4 is 0 Å². The molecule has 0 aromatic heterocycles. The topological polar surface area (TPSA) is 40.5 Å². The Kier molecular flexibility index (Phi) is 5.81. The van der Waals surface area contributed by atoms with E-state index in [4.69, 9.17) is 5.11 Å². The van der Waals surface area contributed by atoms with E-state index in [2.05, 4.69) is 18.7 Å². The zero-order valence-corrected chi connectivity index (χ0v) is 10.6. The second-order valence-electron chi connectivity index (χ2n) is 5.10. The highest BCUT2D eigenvalue weighted by Gasteiger charge is 2.23. The van der Waals surface area contributed by atoms with Crippen molar-refractivity contribution in [3.8, 4) is 0 Å². The summed E-state index contributed by atoms with van der Waals surface area (Å²) >= 11 is 0. The molecule has 1 fully saturated rings. The van der Waals surface area contributed by atoms with Crippen LogP contribution in [0.4, 0.5) is 0 Å². The molecule has 0 aromatic rings. The summed E-state index contributed by atoms with van der Waals surface area (Å²) in [6.07, 6.45) is 6.02. The normalized spacial score (nSPS) is 26.9. The quantitative estimate of drug-likeness (QED) is 0.709. The predicted molar refractivity (Wildman–Crippen MR) is 65.5 cm³/mol. The largest absolute Gasteiger partial charge is 0.481 e. The lowest BCUT2D eigenvalue weighted by molar-refractivity contribution is -0.137. The molecule has 1 heterocycles. The monoisotopic (exact) mass is 227 g/mol. The highest BCUT2D eigenvalue weighted by molar-refractivity contribution is 5.66. The Morgan fingerprint density at radius 1 is 1.31 bits per heavy atom. The van der Waals surface area contributed by atoms with Gasteiger partial charge in [0.25, 0.3) is 0 Å². The van der Waals surface area contributed by atoms with Crippen molar-refractivity contribution in [1.82, 2.24) is 4.90 Å². The van der Waals surface area contributed by atoms with Gasteiger partial charge in [0.2, 0.25) is 0 Å². The van der Waals surface area contributed by atoms with E-state index in [0.717, 1.165) is 31.7 Å². The Balaban J connectivity index is 2.10. The molecule has 0 saturated carbocycles. The molecule has 16 heavy (non-hydrogen) atoms. The molecule has 3 heteroatoms. The number of aliphatic carboxylic acids is 1. The fourth-order valence-corrected chi connectivity index (χ4v) is 2.50. The molecule has 0 aromatic carbocycles. The average Bonchev–Trinajstić information content (AvgIpc) is 2.23. The molecule has 1 aliphatic heterocycles. The van der Waals surface area contributed by atoms with Crippen LogP contribution in [0, 0.1) is 5.92 Å². The molecule has 0 spiro atoms. The van der Waals surface area contributed by atoms with Crippen LogP contribution in [0.15, 0.2) is 0 Å². The summed E-state index contributed by atoms with van der Waals surface area (Å²) in [5.41, 5.74) is 0. The highest BCUT2D eigenvalue weighted by Crippen LogP contribution is 2.23. The maximum Gasteiger partial charge on any atom is 0.303 e. The lowest BCUT2D eigenvalue weighted by atomic mass is 9.92. The van der Waals surface area contributed by atoms with Gasteiger partial charge in [-0.15, -0.1) is 0 Å². The zero-order chi connectivity index (χ0) is 12.0. The molecule has 0 bridgehead atoms. The first kappa shape index (κ1) is 13.5. The summed E-state index contributed by atoms with van der Waals surface area (Å²) < 4.78 is 0. The van der Waals surface area contributed by atoms with E-state index < -0.39 is 5.97 Å². The second kappa shape index (κ2) is 6.89. The minimum absolute atomic E-state index is 0.325. The summed E-state index contributed by atoms with van der Waals surface area (Å²) in [7, 11) is 0. The van der Waals surface area contributed by atoms with Gasteiger partial charge in [-0.05, 0) is 51.6 Å². The van der Waals surface area contributed by atoms with Gasteiger partial charge in [0.15, 0.2) is 0 Å². The number of hydrogen-bond donors (Lipinski definition) is 1. The van der Waals surface area contributed by atoms with Gasteiger partial charge in [0.1, 0.15) is 0 Å². The van der Waals surface area contributed by atoms with Crippen LogP contribution in [-0.4, -0.2) is 35.1 Å². The first-order valence-electron chi connectivity index (χ1n) is 6.57. The van der Waals surface area contributed by atoms with Gasteiger partial charge in [-0.2, -0.15) is 0 Å². The van der Waals surface area contributed by atoms with E-state index in [0.29, 0.717) is 12.5 Å². The molecule has 1 rings (SSSR count). The number of unbranched alkanes of at least 4 members (excludes halogenated alkanes) is 2. The van der Waals surface area contributed by atoms with E-state index >= 15 is 0 Å². The van der Waals surface area contributed by atoms with Crippen molar-refractivity contribution in [3.63, 3.8) is 0 Å². The van der Waals surface area contributed by atoms with Gasteiger partial charge in [0, 0.05) is 12.5 Å². The maximum atomic E-state index is 10.3. The summed E-state index contributed by atoms with van der Waals surface area (Å²) in [4.78, 5) is 12.9. The van der Waals surface area contributed by atoms with Crippen LogP contribution >= 0.6 is 0 Å². The summed E-state index contributed by atoms with van der Waals surface area (Å²) in [5.74, 6) is 0.146. The smallest absolute Gasteiger partial charge is 0.303 e. The molecule has 94 valence electrons. The highest BCUT2D eigenvalue weighted by atomic mass is 16.4. The number of likely N-dealkylation sites (tertiary alicyclic amines) is 1. The summed E-state index contributed by atoms with van der Waals surface area (Å²) in [6, 6.07) is 0.702. The number of rotatable bonds is 6. The van der Waals surface area contributed by atoms with E-state index in [1.165, 1.54) is 19.4 Å². The Morgan fingerprint density at radius 3 is 2.75 bits per heavy atom. The van der Waals surface area contributed by atoms with E-state index in [9.17, 15) is 4.79 Å². The lowest BCUT2D eigenvalue weighted by Crippen LogP contribution is -2.42. The molecule has 0 radical (unpaired) electrons. The number of carbonyl (C=O) groups is 1. The third kappa shape index (κ3) is 4.52. The minimum atomic E-state index is -0.667. The Morgan fingerprint density at radius 2 is 2.06 bits per heavy atom. The number of carboxylic acid groups (broad SMARTS) is 1. The number of nitrogens with zero attached hydrogens (tertiary/aromatic N) is 1. The Bertz CT molecular complexity index is 218. The zero-order valence-electron chi connectivity index (χ0n) is 10.6. The van der Waals surface area contributed by atoms with Gasteiger partial charge < -0.3 is 10.0 Å². The van der Waals surface area contributed by atoms with E-state index in [1.54, 1.807) is 0 Å². The van der Waals surface area contributed by atoms with Crippen LogP contribution in [-0.2, 0) is 4.79 Å². The average molecular weight is 227 g/mol. The Hall–Kier alpha value is -0.570. The van der Waals surface area contributed by atoms with Crippen molar-refractivity contribution in [2.75, 3.05) is 13.1 Å². The maximum absolute atomic E-state index is 10.3. The molecule has 2 unspecified atom stereocenters. The van der Waals surface area contributed by atoms with Crippen LogP contribution in [0.5, 0.6) is 0 Å². The lowest BCUT2D eigenvalue weighted by Gasteiger charge is -2.37. The van der Waals surface area contributed by atoms with E-state index in [1.807, 2.05) is 0 Å². The molecular formula is C13H25NO2. The standard InChI is InChI=1S/C13H25NO2/c1-11-7-6-10-14(12(11)2)9-5-3-4-8-13(15)16/h11-12H,3-10H2,1-2H3,(H,15,16). The molecule has 0 aliphatic carbocycles. The van der Waals surface area contributed by atoms with Crippen LogP contribution in [0.1, 0.15) is 52.4 Å². The van der Waals surface area contributed by atoms with Crippen molar-refractivity contribution in [2.24, 2.45) is 5.92 Å². The van der Waals surface area contributed by atoms with Gasteiger partial charge in [0.05, 0.1) is 0 Å². The molecule has 0 amide bonds. The van der Waals surface area contributed by atoms with Gasteiger partial charge in [-0.25, -0.2) is 0 Å². The van der Waals surface area contributed by atoms with Crippen LogP contribution in [0.25, 0.3) is 0 Å². The van der Waals surface area contributed by atoms with Gasteiger partial charge >= 0.3 is 5.97 Å². The fraction of sp³-hybridized carbons (Fsp3) is 0.923. The Labute approximate surface area is 98.8 Å². The second-order valence-corrected chi connectivity index (χ2v) is 5.10. The molecule has 3 nitrogen and oxygen atoms in total. The predicted octanol–water partition coefficient (Wildman–Crippen LogP) is 2.75. The van der Waals surface area contributed by atoms with Crippen LogP contribution in [0.3, 0.4) is 0 Å². The molecule has 1 N–H and O–H groups in total. The third-order valence-corrected chi connectivity index (χ3v) is 3.84. The van der Waals surface area contributed by atoms with Crippen molar-refractivity contribution in [3.05, 3.63) is 0 Å². The summed E-state index contributed by atoms with van der Waals surface area (Å²) in [5, 5.41) is 8.53. The van der Waals surface area contributed by atoms with E-state index in [-0.39, 0.29) is 0 Å². The van der Waals surface area contributed by atoms with Crippen molar-refractivity contribution in [2.45, 2.75) is 58.4 Å². The van der Waals surface area contributed by atoms with Crippen LogP contribution in [0.2, 0.25) is 0 Å².